The van der Waals surface area contributed by atoms with Crippen LogP contribution in [0.4, 0.5) is 11.5 Å². The van der Waals surface area contributed by atoms with Gasteiger partial charge in [-0.05, 0) is 51.8 Å². The van der Waals surface area contributed by atoms with Crippen LogP contribution in [-0.2, 0) is 16.1 Å². The Morgan fingerprint density at radius 1 is 1.04 bits per heavy atom. The number of benzene rings is 1. The van der Waals surface area contributed by atoms with E-state index in [-0.39, 0.29) is 0 Å². The van der Waals surface area contributed by atoms with E-state index in [1.165, 1.54) is 25.9 Å². The fraction of sp³-hybridized carbons (Fsp3) is 0.500. The Balaban J connectivity index is 0.000000564. The maximum Gasteiger partial charge on any atom is 0.300 e. The summed E-state index contributed by atoms with van der Waals surface area (Å²) in [6.07, 6.45) is 6.07. The van der Waals surface area contributed by atoms with Gasteiger partial charge in [0, 0.05) is 57.0 Å². The number of aliphatic carboxylic acids is 2. The molecule has 0 radical (unpaired) electrons. The molecule has 0 spiro atoms. The molecule has 4 heterocycles. The van der Waals surface area contributed by atoms with Gasteiger partial charge in [-0.15, -0.1) is 11.3 Å². The molecular formula is C32H45N9O5S. The van der Waals surface area contributed by atoms with Gasteiger partial charge in [-0.25, -0.2) is 19.6 Å². The number of anilines is 2. The number of carboxylic acid groups (broad SMARTS) is 2. The number of nitrogen functional groups attached to an aromatic ring is 1. The van der Waals surface area contributed by atoms with Crippen molar-refractivity contribution in [3.8, 4) is 17.0 Å². The molecule has 4 aromatic rings. The molecule has 2 fully saturated rings. The molecule has 6 rings (SSSR count). The molecule has 254 valence electrons. The summed E-state index contributed by atoms with van der Waals surface area (Å²) in [6, 6.07) is 7.05. The zero-order chi connectivity index (χ0) is 34.1. The number of ether oxygens (including phenoxy) is 1. The van der Waals surface area contributed by atoms with Gasteiger partial charge in [0.15, 0.2) is 5.65 Å². The fourth-order valence-corrected chi connectivity index (χ4v) is 6.58. The third-order valence-electron chi connectivity index (χ3n) is 8.19. The van der Waals surface area contributed by atoms with Crippen LogP contribution >= 0.6 is 11.3 Å². The first-order valence-electron chi connectivity index (χ1n) is 15.6. The SMILES string of the molecule is CC(=O)O.CC(=O)O.COc1cc(-c2nn(C3CCC(N4CCN(C)CC4)CC3)c3ncnc(N)c23)ccc1NCc1csc(C)n1. The minimum atomic E-state index is -0.833. The lowest BCUT2D eigenvalue weighted by Crippen LogP contribution is -2.49. The molecule has 47 heavy (non-hydrogen) atoms. The molecule has 15 heteroatoms. The monoisotopic (exact) mass is 667 g/mol. The average molecular weight is 668 g/mol. The molecule has 2 aliphatic rings. The van der Waals surface area contributed by atoms with Crippen molar-refractivity contribution in [1.82, 2.24) is 34.5 Å². The number of aromatic nitrogens is 5. The molecule has 1 aromatic carbocycles. The van der Waals surface area contributed by atoms with E-state index in [1.807, 2.05) is 19.1 Å². The Morgan fingerprint density at radius 2 is 1.68 bits per heavy atom. The van der Waals surface area contributed by atoms with Crippen LogP contribution in [0.5, 0.6) is 5.75 Å². The first kappa shape index (κ1) is 35.5. The summed E-state index contributed by atoms with van der Waals surface area (Å²) in [5, 5.41) is 27.3. The van der Waals surface area contributed by atoms with Gasteiger partial charge in [0.05, 0.1) is 41.5 Å². The minimum Gasteiger partial charge on any atom is -0.495 e. The minimum absolute atomic E-state index is 0.295. The Morgan fingerprint density at radius 3 is 2.28 bits per heavy atom. The maximum absolute atomic E-state index is 9.00. The molecule has 0 atom stereocenters. The van der Waals surface area contributed by atoms with Crippen LogP contribution in [0.25, 0.3) is 22.3 Å². The number of hydrogen-bond acceptors (Lipinski definition) is 12. The number of nitrogens with one attached hydrogen (secondary N) is 1. The van der Waals surface area contributed by atoms with Crippen molar-refractivity contribution in [3.05, 3.63) is 40.6 Å². The number of likely N-dealkylation sites (N-methyl/N-ethyl adjacent to an activating group) is 1. The van der Waals surface area contributed by atoms with Crippen LogP contribution in [0.2, 0.25) is 0 Å². The van der Waals surface area contributed by atoms with Crippen molar-refractivity contribution < 1.29 is 24.5 Å². The fourth-order valence-electron chi connectivity index (χ4n) is 5.97. The van der Waals surface area contributed by atoms with Crippen LogP contribution in [0.3, 0.4) is 0 Å². The normalized spacial score (nSPS) is 18.4. The van der Waals surface area contributed by atoms with Crippen molar-refractivity contribution >= 4 is 45.8 Å². The lowest BCUT2D eigenvalue weighted by molar-refractivity contribution is -0.135. The molecule has 0 bridgehead atoms. The molecule has 0 amide bonds. The molecule has 0 unspecified atom stereocenters. The van der Waals surface area contributed by atoms with Gasteiger partial charge in [-0.3, -0.25) is 14.5 Å². The Kier molecular flexibility index (Phi) is 12.4. The first-order chi connectivity index (χ1) is 22.5. The molecule has 1 aliphatic heterocycles. The van der Waals surface area contributed by atoms with E-state index in [4.69, 9.17) is 35.4 Å². The van der Waals surface area contributed by atoms with Gasteiger partial charge in [0.25, 0.3) is 11.9 Å². The van der Waals surface area contributed by atoms with Crippen molar-refractivity contribution in [3.63, 3.8) is 0 Å². The summed E-state index contributed by atoms with van der Waals surface area (Å²) in [6.45, 7) is 9.47. The van der Waals surface area contributed by atoms with Gasteiger partial charge in [-0.1, -0.05) is 6.07 Å². The van der Waals surface area contributed by atoms with Crippen LogP contribution in [0.1, 0.15) is 56.3 Å². The molecular weight excluding hydrogens is 622 g/mol. The van der Waals surface area contributed by atoms with E-state index >= 15 is 0 Å². The number of fused-ring (bicyclic) bond motifs is 1. The first-order valence-corrected chi connectivity index (χ1v) is 16.5. The maximum atomic E-state index is 9.00. The van der Waals surface area contributed by atoms with E-state index in [0.29, 0.717) is 24.4 Å². The van der Waals surface area contributed by atoms with Gasteiger partial charge in [-0.2, -0.15) is 5.10 Å². The second-order valence-corrected chi connectivity index (χ2v) is 12.8. The molecule has 5 N–H and O–H groups in total. The summed E-state index contributed by atoms with van der Waals surface area (Å²) >= 11 is 1.65. The predicted octanol–water partition coefficient (Wildman–Crippen LogP) is 4.37. The zero-order valence-corrected chi connectivity index (χ0v) is 28.5. The van der Waals surface area contributed by atoms with Crippen molar-refractivity contribution in [1.29, 1.82) is 0 Å². The Hall–Kier alpha value is -4.34. The van der Waals surface area contributed by atoms with E-state index in [2.05, 4.69) is 53.2 Å². The number of nitrogens with zero attached hydrogens (tertiary/aromatic N) is 7. The Labute approximate surface area is 278 Å². The van der Waals surface area contributed by atoms with Crippen LogP contribution in [0, 0.1) is 6.92 Å². The van der Waals surface area contributed by atoms with Crippen LogP contribution in [-0.4, -0.2) is 103 Å². The van der Waals surface area contributed by atoms with Crippen LogP contribution in [0.15, 0.2) is 29.9 Å². The smallest absolute Gasteiger partial charge is 0.300 e. The second-order valence-electron chi connectivity index (χ2n) is 11.7. The number of carbonyl (C=O) groups is 2. The standard InChI is InChI=1S/C28H37N9OS.2C2H4O2/c1-18-33-20(16-39-18)15-30-23-9-4-19(14-24(23)38-3)26-25-27(29)31-17-32-28(25)37(34-26)22-7-5-21(6-8-22)36-12-10-35(2)11-13-36;2*1-2(3)4/h4,9,14,16-17,21-22,30H,5-8,10-13,15H2,1-3H3,(H2,29,31,32);2*1H3,(H,3,4). The molecule has 14 nitrogen and oxygen atoms in total. The summed E-state index contributed by atoms with van der Waals surface area (Å²) in [5.74, 6) is -0.474. The predicted molar refractivity (Wildman–Crippen MR) is 183 cm³/mol. The highest BCUT2D eigenvalue weighted by molar-refractivity contribution is 7.09. The van der Waals surface area contributed by atoms with Gasteiger partial charge >= 0.3 is 0 Å². The summed E-state index contributed by atoms with van der Waals surface area (Å²) < 4.78 is 7.86. The molecule has 1 aliphatic carbocycles. The van der Waals surface area contributed by atoms with Gasteiger partial charge in [0.2, 0.25) is 0 Å². The number of piperazine rings is 1. The van der Waals surface area contributed by atoms with E-state index in [1.54, 1.807) is 24.8 Å². The third-order valence-corrected chi connectivity index (χ3v) is 9.01. The number of methoxy groups -OCH3 is 1. The summed E-state index contributed by atoms with van der Waals surface area (Å²) in [5.41, 5.74) is 10.9. The summed E-state index contributed by atoms with van der Waals surface area (Å²) in [7, 11) is 3.90. The van der Waals surface area contributed by atoms with E-state index in [9.17, 15) is 0 Å². The molecule has 3 aromatic heterocycles. The topological polar surface area (TPSA) is 185 Å². The zero-order valence-electron chi connectivity index (χ0n) is 27.6. The number of aryl methyl sites for hydroxylation is 1. The van der Waals surface area contributed by atoms with Gasteiger partial charge < -0.3 is 30.9 Å². The number of carboxylic acids is 2. The highest BCUT2D eigenvalue weighted by Gasteiger charge is 2.30. The van der Waals surface area contributed by atoms with E-state index < -0.39 is 11.9 Å². The van der Waals surface area contributed by atoms with Crippen molar-refractivity contribution in [2.75, 3.05) is 51.4 Å². The van der Waals surface area contributed by atoms with Gasteiger partial charge in [0.1, 0.15) is 23.6 Å². The quantitative estimate of drug-likeness (QED) is 0.218. The number of thiazole rings is 1. The molecule has 1 saturated heterocycles. The Bertz CT molecular complexity index is 1620. The van der Waals surface area contributed by atoms with E-state index in [0.717, 1.165) is 84.2 Å². The molecule has 1 saturated carbocycles. The lowest BCUT2D eigenvalue weighted by Gasteiger charge is -2.41. The highest BCUT2D eigenvalue weighted by Crippen LogP contribution is 2.39. The number of nitrogens with two attached hydrogens (primary N) is 1. The van der Waals surface area contributed by atoms with Crippen molar-refractivity contribution in [2.45, 2.75) is 65.1 Å². The lowest BCUT2D eigenvalue weighted by atomic mass is 9.90. The number of rotatable bonds is 7. The number of hydrogen-bond donors (Lipinski definition) is 4. The second kappa shape index (κ2) is 16.5. The highest BCUT2D eigenvalue weighted by atomic mass is 32.1. The average Bonchev–Trinajstić information content (AvgIpc) is 3.64. The van der Waals surface area contributed by atoms with Crippen molar-refractivity contribution in [2.24, 2.45) is 0 Å². The van der Waals surface area contributed by atoms with Crippen LogP contribution < -0.4 is 15.8 Å². The third kappa shape index (κ3) is 9.59. The summed E-state index contributed by atoms with van der Waals surface area (Å²) in [4.78, 5) is 36.6. The largest absolute Gasteiger partial charge is 0.495 e.